The Hall–Kier alpha value is -0.0500. The lowest BCUT2D eigenvalue weighted by molar-refractivity contribution is -0.135. The van der Waals surface area contributed by atoms with Crippen molar-refractivity contribution in [3.8, 4) is 0 Å². The van der Waals surface area contributed by atoms with Gasteiger partial charge in [-0.25, -0.2) is 4.31 Å². The molecule has 0 rings (SSSR count). The van der Waals surface area contributed by atoms with Gasteiger partial charge in [-0.1, -0.05) is 11.9 Å². The van der Waals surface area contributed by atoms with E-state index in [4.69, 9.17) is 0 Å². The fraction of sp³-hybridized carbons (Fsp3) is 1.00. The van der Waals surface area contributed by atoms with E-state index in [9.17, 15) is 17.6 Å². The molecule has 0 aliphatic carbocycles. The second-order valence-corrected chi connectivity index (χ2v) is 3.26. The van der Waals surface area contributed by atoms with Crippen LogP contribution in [0.3, 0.4) is 0 Å². The molecular weight excluding hydrogens is 238 g/mol. The van der Waals surface area contributed by atoms with Gasteiger partial charge < -0.3 is 9.47 Å². The van der Waals surface area contributed by atoms with Crippen LogP contribution < -0.4 is 0 Å². The highest BCUT2D eigenvalue weighted by Crippen LogP contribution is 2.06. The molecule has 0 N–H and O–H groups in total. The summed E-state index contributed by atoms with van der Waals surface area (Å²) >= 11 is 1.26. The van der Waals surface area contributed by atoms with Crippen LogP contribution in [0, 0.1) is 0 Å². The highest BCUT2D eigenvalue weighted by atomic mass is 32.2. The minimum atomic E-state index is -2.80. The molecule has 0 saturated heterocycles. The molecule has 0 spiro atoms. The highest BCUT2D eigenvalue weighted by molar-refractivity contribution is 7.96. The van der Waals surface area contributed by atoms with Gasteiger partial charge >= 0.3 is 13.2 Å². The molecule has 15 heavy (non-hydrogen) atoms. The zero-order valence-electron chi connectivity index (χ0n) is 8.17. The van der Waals surface area contributed by atoms with Crippen LogP contribution in [0.2, 0.25) is 0 Å². The first-order valence-corrected chi connectivity index (χ1v) is 5.33. The largest absolute Gasteiger partial charge is 0.345 e. The molecule has 0 aromatic heterocycles. The zero-order chi connectivity index (χ0) is 11.7. The normalized spacial score (nSPS) is 12.0. The van der Waals surface area contributed by atoms with E-state index in [1.54, 1.807) is 10.6 Å². The van der Waals surface area contributed by atoms with Gasteiger partial charge in [-0.3, -0.25) is 0 Å². The van der Waals surface area contributed by atoms with Gasteiger partial charge in [-0.15, -0.1) is 0 Å². The molecule has 0 aliphatic heterocycles. The Balaban J connectivity index is 3.46. The first kappa shape index (κ1) is 14.9. The smallest absolute Gasteiger partial charge is 0.322 e. The molecule has 8 heteroatoms. The number of nitrogens with zero attached hydrogens (tertiary/aromatic N) is 1. The lowest BCUT2D eigenvalue weighted by Crippen LogP contribution is -2.26. The van der Waals surface area contributed by atoms with Crippen molar-refractivity contribution in [2.75, 3.05) is 32.6 Å². The number of hydrogen-bond acceptors (Lipinski definition) is 4. The summed E-state index contributed by atoms with van der Waals surface area (Å²) in [4.78, 5) is 0. The van der Waals surface area contributed by atoms with E-state index in [1.165, 1.54) is 11.9 Å². The van der Waals surface area contributed by atoms with Crippen molar-refractivity contribution < 1.29 is 27.0 Å². The summed E-state index contributed by atoms with van der Waals surface area (Å²) in [6.45, 7) is -5.42. The summed E-state index contributed by atoms with van der Waals surface area (Å²) in [5.41, 5.74) is 0. The fourth-order valence-electron chi connectivity index (χ4n) is 0.782. The Labute approximate surface area is 89.8 Å². The van der Waals surface area contributed by atoms with Crippen LogP contribution in [-0.2, 0) is 9.47 Å². The predicted molar refractivity (Wildman–Crippen MR) is 49.0 cm³/mol. The van der Waals surface area contributed by atoms with Crippen LogP contribution in [0.1, 0.15) is 0 Å². The van der Waals surface area contributed by atoms with E-state index in [-0.39, 0.29) is 26.3 Å². The second kappa shape index (κ2) is 9.20. The van der Waals surface area contributed by atoms with Crippen LogP contribution in [0.25, 0.3) is 0 Å². The van der Waals surface area contributed by atoms with E-state index in [0.717, 1.165) is 0 Å². The van der Waals surface area contributed by atoms with Gasteiger partial charge in [-0.2, -0.15) is 17.6 Å². The van der Waals surface area contributed by atoms with Gasteiger partial charge in [0, 0.05) is 13.1 Å². The molecule has 0 fully saturated rings. The van der Waals surface area contributed by atoms with Gasteiger partial charge in [0.05, 0.1) is 13.2 Å². The lowest BCUT2D eigenvalue weighted by atomic mass is 10.6. The number of halogens is 4. The van der Waals surface area contributed by atoms with Crippen molar-refractivity contribution in [3.05, 3.63) is 0 Å². The third kappa shape index (κ3) is 10.2. The zero-order valence-corrected chi connectivity index (χ0v) is 8.98. The van der Waals surface area contributed by atoms with Crippen LogP contribution >= 0.6 is 11.9 Å². The molecule has 0 atom stereocenters. The molecule has 0 bridgehead atoms. The van der Waals surface area contributed by atoms with Crippen molar-refractivity contribution in [3.63, 3.8) is 0 Å². The van der Waals surface area contributed by atoms with Crippen molar-refractivity contribution in [2.45, 2.75) is 13.2 Å². The fourth-order valence-corrected chi connectivity index (χ4v) is 1.30. The van der Waals surface area contributed by atoms with Gasteiger partial charge in [0.2, 0.25) is 0 Å². The van der Waals surface area contributed by atoms with Crippen molar-refractivity contribution in [1.29, 1.82) is 0 Å². The van der Waals surface area contributed by atoms with Gasteiger partial charge in [0.25, 0.3) is 0 Å². The Morgan fingerprint density at radius 1 is 1.00 bits per heavy atom. The van der Waals surface area contributed by atoms with E-state index in [0.29, 0.717) is 0 Å². The third-order valence-electron chi connectivity index (χ3n) is 1.43. The van der Waals surface area contributed by atoms with E-state index in [1.807, 2.05) is 0 Å². The highest BCUT2D eigenvalue weighted by Gasteiger charge is 2.08. The molecule has 0 aromatic carbocycles. The standard InChI is InChI=1S/C7H13F4NO2S/c1-15-12(2-4-13-6(8)9)3-5-14-7(10)11/h6-7H,2-5H2,1H3. The van der Waals surface area contributed by atoms with Crippen LogP contribution in [-0.4, -0.2) is 50.1 Å². The maximum atomic E-state index is 11.6. The summed E-state index contributed by atoms with van der Waals surface area (Å²) in [5, 5.41) is 0. The van der Waals surface area contributed by atoms with E-state index >= 15 is 0 Å². The first-order valence-electron chi connectivity index (χ1n) is 4.14. The van der Waals surface area contributed by atoms with Gasteiger partial charge in [0.15, 0.2) is 0 Å². The molecule has 92 valence electrons. The Bertz CT molecular complexity index is 139. The van der Waals surface area contributed by atoms with E-state index < -0.39 is 13.2 Å². The maximum Gasteiger partial charge on any atom is 0.345 e. The minimum absolute atomic E-state index is 0.146. The second-order valence-electron chi connectivity index (χ2n) is 2.37. The van der Waals surface area contributed by atoms with Gasteiger partial charge in [0.1, 0.15) is 0 Å². The molecule has 0 radical (unpaired) electrons. The molecule has 0 heterocycles. The summed E-state index contributed by atoms with van der Waals surface area (Å²) in [6, 6.07) is 0. The van der Waals surface area contributed by atoms with Gasteiger partial charge in [-0.05, 0) is 6.26 Å². The molecule has 0 saturated carbocycles. The Morgan fingerprint density at radius 3 is 1.67 bits per heavy atom. The van der Waals surface area contributed by atoms with Crippen LogP contribution in [0.15, 0.2) is 0 Å². The summed E-state index contributed by atoms with van der Waals surface area (Å²) in [7, 11) is 0. The molecule has 0 aromatic rings. The number of hydrogen-bond donors (Lipinski definition) is 0. The Kier molecular flexibility index (Phi) is 9.17. The topological polar surface area (TPSA) is 21.7 Å². The molecule has 0 amide bonds. The predicted octanol–water partition coefficient (Wildman–Crippen LogP) is 2.04. The van der Waals surface area contributed by atoms with Crippen molar-refractivity contribution in [1.82, 2.24) is 4.31 Å². The quantitative estimate of drug-likeness (QED) is 0.462. The summed E-state index contributed by atoms with van der Waals surface area (Å²) in [5.74, 6) is 0. The number of rotatable bonds is 9. The summed E-state index contributed by atoms with van der Waals surface area (Å²) in [6.07, 6.45) is 1.71. The Morgan fingerprint density at radius 2 is 1.40 bits per heavy atom. The average molecular weight is 251 g/mol. The van der Waals surface area contributed by atoms with Crippen LogP contribution in [0.4, 0.5) is 17.6 Å². The minimum Gasteiger partial charge on any atom is -0.322 e. The third-order valence-corrected chi connectivity index (χ3v) is 2.31. The molecular formula is C7H13F4NO2S. The van der Waals surface area contributed by atoms with Crippen molar-refractivity contribution >= 4 is 11.9 Å². The number of ether oxygens (including phenoxy) is 2. The molecule has 3 nitrogen and oxygen atoms in total. The van der Waals surface area contributed by atoms with Crippen molar-refractivity contribution in [2.24, 2.45) is 0 Å². The van der Waals surface area contributed by atoms with Crippen LogP contribution in [0.5, 0.6) is 0 Å². The monoisotopic (exact) mass is 251 g/mol. The first-order chi connectivity index (χ1) is 7.06. The SMILES string of the molecule is CSN(CCOC(F)F)CCOC(F)F. The number of alkyl halides is 4. The lowest BCUT2D eigenvalue weighted by Gasteiger charge is -2.18. The molecule has 0 aliphatic rings. The maximum absolute atomic E-state index is 11.6. The molecule has 0 unspecified atom stereocenters. The summed E-state index contributed by atoms with van der Waals surface area (Å²) < 4.78 is 56.0. The van der Waals surface area contributed by atoms with E-state index in [2.05, 4.69) is 9.47 Å². The average Bonchev–Trinajstić information content (AvgIpc) is 2.14.